The fourth-order valence-electron chi connectivity index (χ4n) is 2.19. The van der Waals surface area contributed by atoms with Gasteiger partial charge in [0.1, 0.15) is 6.04 Å². The van der Waals surface area contributed by atoms with Crippen molar-refractivity contribution < 1.29 is 13.2 Å². The second-order valence-electron chi connectivity index (χ2n) is 4.55. The highest BCUT2D eigenvalue weighted by molar-refractivity contribution is 7.88. The molecule has 0 radical (unpaired) electrons. The Balaban J connectivity index is 1.85. The summed E-state index contributed by atoms with van der Waals surface area (Å²) in [4.78, 5) is 16.1. The molecular formula is C11H17N3O3S2. The van der Waals surface area contributed by atoms with E-state index >= 15 is 0 Å². The van der Waals surface area contributed by atoms with Gasteiger partial charge in [-0.2, -0.15) is 4.31 Å². The highest BCUT2D eigenvalue weighted by Crippen LogP contribution is 2.20. The minimum Gasteiger partial charge on any atom is -0.354 e. The third-order valence-electron chi connectivity index (χ3n) is 3.10. The molecule has 1 aliphatic heterocycles. The first-order chi connectivity index (χ1) is 8.98. The fourth-order valence-corrected chi connectivity index (χ4v) is 3.91. The van der Waals surface area contributed by atoms with Crippen molar-refractivity contribution in [2.45, 2.75) is 25.3 Å². The van der Waals surface area contributed by atoms with Crippen LogP contribution in [0, 0.1) is 0 Å². The van der Waals surface area contributed by atoms with Crippen LogP contribution in [0.15, 0.2) is 10.9 Å². The Morgan fingerprint density at radius 1 is 1.63 bits per heavy atom. The van der Waals surface area contributed by atoms with Gasteiger partial charge in [0.15, 0.2) is 0 Å². The van der Waals surface area contributed by atoms with Gasteiger partial charge in [-0.25, -0.2) is 13.4 Å². The van der Waals surface area contributed by atoms with Gasteiger partial charge in [-0.05, 0) is 12.8 Å². The van der Waals surface area contributed by atoms with Crippen molar-refractivity contribution in [2.24, 2.45) is 0 Å². The van der Waals surface area contributed by atoms with Gasteiger partial charge >= 0.3 is 0 Å². The summed E-state index contributed by atoms with van der Waals surface area (Å²) in [5, 5.41) is 4.72. The molecule has 1 aliphatic rings. The van der Waals surface area contributed by atoms with Gasteiger partial charge in [0.2, 0.25) is 15.9 Å². The van der Waals surface area contributed by atoms with E-state index in [2.05, 4.69) is 10.3 Å². The number of nitrogens with zero attached hydrogens (tertiary/aromatic N) is 2. The van der Waals surface area contributed by atoms with Gasteiger partial charge in [0, 0.05) is 24.9 Å². The summed E-state index contributed by atoms with van der Waals surface area (Å²) in [5.41, 5.74) is 2.69. The Labute approximate surface area is 116 Å². The molecule has 0 unspecified atom stereocenters. The minimum atomic E-state index is -3.30. The highest BCUT2D eigenvalue weighted by atomic mass is 32.2. The molecule has 1 saturated heterocycles. The number of amides is 1. The molecule has 8 heteroatoms. The van der Waals surface area contributed by atoms with Crippen LogP contribution in [0.1, 0.15) is 18.5 Å². The summed E-state index contributed by atoms with van der Waals surface area (Å²) in [6, 6.07) is -0.551. The first-order valence-electron chi connectivity index (χ1n) is 6.10. The molecule has 2 heterocycles. The van der Waals surface area contributed by atoms with E-state index in [4.69, 9.17) is 0 Å². The van der Waals surface area contributed by atoms with Crippen molar-refractivity contribution in [1.29, 1.82) is 0 Å². The highest BCUT2D eigenvalue weighted by Gasteiger charge is 2.36. The van der Waals surface area contributed by atoms with E-state index in [0.29, 0.717) is 25.9 Å². The average Bonchev–Trinajstić information content (AvgIpc) is 2.98. The van der Waals surface area contributed by atoms with Crippen LogP contribution < -0.4 is 5.32 Å². The number of carbonyl (C=O) groups is 1. The fraction of sp³-hybridized carbons (Fsp3) is 0.636. The predicted molar refractivity (Wildman–Crippen MR) is 73.4 cm³/mol. The number of sulfonamides is 1. The third-order valence-corrected chi connectivity index (χ3v) is 5.02. The Kier molecular flexibility index (Phi) is 4.54. The smallest absolute Gasteiger partial charge is 0.238 e. The van der Waals surface area contributed by atoms with Crippen LogP contribution in [-0.2, 0) is 21.2 Å². The van der Waals surface area contributed by atoms with E-state index in [1.54, 1.807) is 5.51 Å². The lowest BCUT2D eigenvalue weighted by Gasteiger charge is -2.21. The lowest BCUT2D eigenvalue weighted by atomic mass is 10.2. The number of aromatic nitrogens is 1. The van der Waals surface area contributed by atoms with Gasteiger partial charge in [-0.3, -0.25) is 4.79 Å². The molecule has 0 spiro atoms. The van der Waals surface area contributed by atoms with E-state index in [9.17, 15) is 13.2 Å². The maximum Gasteiger partial charge on any atom is 0.238 e. The van der Waals surface area contributed by atoms with E-state index in [-0.39, 0.29) is 5.91 Å². The summed E-state index contributed by atoms with van der Waals surface area (Å²) in [7, 11) is -3.30. The first-order valence-corrected chi connectivity index (χ1v) is 8.89. The van der Waals surface area contributed by atoms with Crippen LogP contribution in [0.4, 0.5) is 0 Å². The van der Waals surface area contributed by atoms with E-state index in [1.165, 1.54) is 15.6 Å². The molecule has 1 aromatic rings. The summed E-state index contributed by atoms with van der Waals surface area (Å²) in [5.74, 6) is -0.210. The normalized spacial score (nSPS) is 20.6. The van der Waals surface area contributed by atoms with Crippen molar-refractivity contribution in [3.05, 3.63) is 16.6 Å². The van der Waals surface area contributed by atoms with E-state index in [1.807, 2.05) is 5.38 Å². The van der Waals surface area contributed by atoms with Crippen LogP contribution in [-0.4, -0.2) is 49.0 Å². The molecule has 1 N–H and O–H groups in total. The molecule has 19 heavy (non-hydrogen) atoms. The SMILES string of the molecule is CS(=O)(=O)N1CCC[C@H]1C(=O)NCCc1cscn1. The number of hydrogen-bond donors (Lipinski definition) is 1. The molecular weight excluding hydrogens is 286 g/mol. The van der Waals surface area contributed by atoms with Crippen LogP contribution in [0.3, 0.4) is 0 Å². The molecule has 6 nitrogen and oxygen atoms in total. The van der Waals surface area contributed by atoms with Crippen LogP contribution in [0.2, 0.25) is 0 Å². The molecule has 106 valence electrons. The van der Waals surface area contributed by atoms with Gasteiger partial charge in [0.25, 0.3) is 0 Å². The number of nitrogens with one attached hydrogen (secondary N) is 1. The predicted octanol–water partition coefficient (Wildman–Crippen LogP) is 0.226. The molecule has 0 aromatic carbocycles. The van der Waals surface area contributed by atoms with Gasteiger partial charge in [-0.1, -0.05) is 0 Å². The number of hydrogen-bond acceptors (Lipinski definition) is 5. The molecule has 1 amide bonds. The topological polar surface area (TPSA) is 79.4 Å². The summed E-state index contributed by atoms with van der Waals surface area (Å²) >= 11 is 1.52. The zero-order valence-corrected chi connectivity index (χ0v) is 12.3. The standard InChI is InChI=1S/C11H17N3O3S2/c1-19(16,17)14-6-2-3-10(14)11(15)12-5-4-9-7-18-8-13-9/h7-8,10H,2-6H2,1H3,(H,12,15)/t10-/m0/s1. The first kappa shape index (κ1) is 14.4. The Morgan fingerprint density at radius 2 is 2.42 bits per heavy atom. The minimum absolute atomic E-state index is 0.210. The Bertz CT molecular complexity index is 527. The molecule has 0 bridgehead atoms. The van der Waals surface area contributed by atoms with E-state index < -0.39 is 16.1 Å². The molecule has 1 atom stereocenters. The number of carbonyl (C=O) groups excluding carboxylic acids is 1. The summed E-state index contributed by atoms with van der Waals surface area (Å²) in [6.07, 6.45) is 3.14. The quantitative estimate of drug-likeness (QED) is 0.844. The largest absolute Gasteiger partial charge is 0.354 e. The van der Waals surface area contributed by atoms with Crippen LogP contribution in [0.5, 0.6) is 0 Å². The zero-order chi connectivity index (χ0) is 13.9. The van der Waals surface area contributed by atoms with Crippen molar-refractivity contribution in [3.63, 3.8) is 0 Å². The van der Waals surface area contributed by atoms with Crippen LogP contribution >= 0.6 is 11.3 Å². The van der Waals surface area contributed by atoms with E-state index in [0.717, 1.165) is 18.4 Å². The molecule has 1 fully saturated rings. The summed E-state index contributed by atoms with van der Waals surface area (Å²) in [6.45, 7) is 0.916. The lowest BCUT2D eigenvalue weighted by Crippen LogP contribution is -2.45. The summed E-state index contributed by atoms with van der Waals surface area (Å²) < 4.78 is 24.4. The second kappa shape index (κ2) is 5.98. The van der Waals surface area contributed by atoms with Crippen molar-refractivity contribution in [3.8, 4) is 0 Å². The van der Waals surface area contributed by atoms with Crippen molar-refractivity contribution in [2.75, 3.05) is 19.3 Å². The third kappa shape index (κ3) is 3.74. The van der Waals surface area contributed by atoms with Crippen LogP contribution in [0.25, 0.3) is 0 Å². The zero-order valence-electron chi connectivity index (χ0n) is 10.7. The Hall–Kier alpha value is -0.990. The second-order valence-corrected chi connectivity index (χ2v) is 7.21. The monoisotopic (exact) mass is 303 g/mol. The molecule has 0 aliphatic carbocycles. The van der Waals surface area contributed by atoms with Crippen molar-refractivity contribution >= 4 is 27.3 Å². The molecule has 1 aromatic heterocycles. The maximum absolute atomic E-state index is 12.0. The molecule has 0 saturated carbocycles. The Morgan fingerprint density at radius 3 is 3.05 bits per heavy atom. The lowest BCUT2D eigenvalue weighted by molar-refractivity contribution is -0.124. The van der Waals surface area contributed by atoms with Crippen molar-refractivity contribution in [1.82, 2.24) is 14.6 Å². The average molecular weight is 303 g/mol. The number of rotatable bonds is 5. The maximum atomic E-state index is 12.0. The van der Waals surface area contributed by atoms with Gasteiger partial charge in [0.05, 0.1) is 17.5 Å². The molecule has 2 rings (SSSR count). The number of thiazole rings is 1. The van der Waals surface area contributed by atoms with Gasteiger partial charge in [-0.15, -0.1) is 11.3 Å². The van der Waals surface area contributed by atoms with Gasteiger partial charge < -0.3 is 5.32 Å².